The molecule has 0 saturated heterocycles. The van der Waals surface area contributed by atoms with E-state index in [-0.39, 0.29) is 17.8 Å². The first-order chi connectivity index (χ1) is 8.77. The maximum absolute atomic E-state index is 11.9. The summed E-state index contributed by atoms with van der Waals surface area (Å²) < 4.78 is 5.09. The normalized spacial score (nSPS) is 22.1. The number of benzene rings is 1. The van der Waals surface area contributed by atoms with E-state index in [9.17, 15) is 4.79 Å². The van der Waals surface area contributed by atoms with Crippen LogP contribution in [0, 0.1) is 17.2 Å². The summed E-state index contributed by atoms with van der Waals surface area (Å²) in [4.78, 5) is 11.9. The van der Waals surface area contributed by atoms with Gasteiger partial charge in [-0.25, -0.2) is 0 Å². The first-order valence-corrected chi connectivity index (χ1v) is 6.09. The molecule has 1 aromatic rings. The molecule has 1 aliphatic carbocycles. The second kappa shape index (κ2) is 5.50. The molecular formula is C15H15NO2. The first-order valence-electron chi connectivity index (χ1n) is 6.09. The Morgan fingerprint density at radius 2 is 2.17 bits per heavy atom. The van der Waals surface area contributed by atoms with Gasteiger partial charge in [0.15, 0.2) is 0 Å². The van der Waals surface area contributed by atoms with Crippen molar-refractivity contribution in [1.29, 1.82) is 5.26 Å². The van der Waals surface area contributed by atoms with E-state index < -0.39 is 0 Å². The van der Waals surface area contributed by atoms with Crippen LogP contribution >= 0.6 is 0 Å². The summed E-state index contributed by atoms with van der Waals surface area (Å²) in [5.74, 6) is -0.634. The van der Waals surface area contributed by atoms with Gasteiger partial charge < -0.3 is 4.74 Å². The Labute approximate surface area is 107 Å². The van der Waals surface area contributed by atoms with Gasteiger partial charge in [-0.1, -0.05) is 36.4 Å². The standard InChI is InChI=1S/C15H15NO2/c1-2-18-15(17)13-9-8-12(10-16)14(13)11-6-4-3-5-7-11/h3-8,13-14H,2,9H2,1H3. The predicted molar refractivity (Wildman–Crippen MR) is 67.6 cm³/mol. The third-order valence-electron chi connectivity index (χ3n) is 3.21. The van der Waals surface area contributed by atoms with Crippen LogP contribution in [0.25, 0.3) is 0 Å². The lowest BCUT2D eigenvalue weighted by molar-refractivity contribution is -0.148. The van der Waals surface area contributed by atoms with Gasteiger partial charge >= 0.3 is 5.97 Å². The molecule has 1 aliphatic rings. The van der Waals surface area contributed by atoms with E-state index in [4.69, 9.17) is 10.00 Å². The maximum atomic E-state index is 11.9. The summed E-state index contributed by atoms with van der Waals surface area (Å²) in [6, 6.07) is 11.9. The Morgan fingerprint density at radius 3 is 2.78 bits per heavy atom. The monoisotopic (exact) mass is 241 g/mol. The van der Waals surface area contributed by atoms with Gasteiger partial charge in [0.2, 0.25) is 0 Å². The number of ether oxygens (including phenoxy) is 1. The Hall–Kier alpha value is -2.08. The van der Waals surface area contributed by atoms with Crippen molar-refractivity contribution in [1.82, 2.24) is 0 Å². The summed E-state index contributed by atoms with van der Waals surface area (Å²) >= 11 is 0. The van der Waals surface area contributed by atoms with Crippen molar-refractivity contribution < 1.29 is 9.53 Å². The molecule has 0 N–H and O–H groups in total. The van der Waals surface area contributed by atoms with E-state index in [2.05, 4.69) is 6.07 Å². The van der Waals surface area contributed by atoms with Crippen molar-refractivity contribution >= 4 is 5.97 Å². The summed E-state index contributed by atoms with van der Waals surface area (Å²) in [7, 11) is 0. The van der Waals surface area contributed by atoms with Gasteiger partial charge in [0.1, 0.15) is 0 Å². The average molecular weight is 241 g/mol. The number of esters is 1. The average Bonchev–Trinajstić information content (AvgIpc) is 2.83. The highest BCUT2D eigenvalue weighted by molar-refractivity contribution is 5.76. The van der Waals surface area contributed by atoms with Gasteiger partial charge in [0.25, 0.3) is 0 Å². The van der Waals surface area contributed by atoms with Crippen LogP contribution < -0.4 is 0 Å². The van der Waals surface area contributed by atoms with Crippen LogP contribution in [0.5, 0.6) is 0 Å². The zero-order valence-corrected chi connectivity index (χ0v) is 10.3. The fraction of sp³-hybridized carbons (Fsp3) is 0.333. The van der Waals surface area contributed by atoms with Gasteiger partial charge in [0.05, 0.1) is 18.6 Å². The second-order valence-corrected chi connectivity index (χ2v) is 4.25. The molecule has 2 atom stereocenters. The molecule has 0 aromatic heterocycles. The van der Waals surface area contributed by atoms with E-state index in [0.717, 1.165) is 5.56 Å². The van der Waals surface area contributed by atoms with E-state index >= 15 is 0 Å². The molecule has 18 heavy (non-hydrogen) atoms. The molecule has 0 radical (unpaired) electrons. The first kappa shape index (κ1) is 12.4. The SMILES string of the molecule is CCOC(=O)C1CC=C(C#N)C1c1ccccc1. The predicted octanol–water partition coefficient (Wildman–Crippen LogP) is 2.80. The lowest BCUT2D eigenvalue weighted by Crippen LogP contribution is -2.22. The van der Waals surface area contributed by atoms with Crippen molar-refractivity contribution in [3.05, 3.63) is 47.5 Å². The van der Waals surface area contributed by atoms with Crippen LogP contribution in [-0.2, 0) is 9.53 Å². The van der Waals surface area contributed by atoms with Crippen molar-refractivity contribution in [2.45, 2.75) is 19.3 Å². The smallest absolute Gasteiger partial charge is 0.310 e. The molecular weight excluding hydrogens is 226 g/mol. The maximum Gasteiger partial charge on any atom is 0.310 e. The number of allylic oxidation sites excluding steroid dienone is 2. The molecule has 1 aromatic carbocycles. The third-order valence-corrected chi connectivity index (χ3v) is 3.21. The highest BCUT2D eigenvalue weighted by Crippen LogP contribution is 2.40. The summed E-state index contributed by atoms with van der Waals surface area (Å²) in [6.45, 7) is 2.17. The lowest BCUT2D eigenvalue weighted by atomic mass is 9.85. The molecule has 0 bridgehead atoms. The fourth-order valence-corrected chi connectivity index (χ4v) is 2.40. The van der Waals surface area contributed by atoms with Crippen LogP contribution in [0.4, 0.5) is 0 Å². The zero-order valence-electron chi connectivity index (χ0n) is 10.3. The van der Waals surface area contributed by atoms with Crippen LogP contribution in [0.3, 0.4) is 0 Å². The van der Waals surface area contributed by atoms with Gasteiger partial charge in [-0.2, -0.15) is 5.26 Å². The molecule has 2 rings (SSSR count). The number of hydrogen-bond acceptors (Lipinski definition) is 3. The molecule has 0 fully saturated rings. The van der Waals surface area contributed by atoms with Gasteiger partial charge in [-0.15, -0.1) is 0 Å². The number of hydrogen-bond donors (Lipinski definition) is 0. The number of carbonyl (C=O) groups excluding carboxylic acids is 1. The zero-order chi connectivity index (χ0) is 13.0. The van der Waals surface area contributed by atoms with Crippen molar-refractivity contribution in [3.63, 3.8) is 0 Å². The van der Waals surface area contributed by atoms with Gasteiger partial charge in [0, 0.05) is 11.5 Å². The minimum atomic E-state index is -0.262. The molecule has 3 heteroatoms. The largest absolute Gasteiger partial charge is 0.466 e. The van der Waals surface area contributed by atoms with Crippen molar-refractivity contribution in [3.8, 4) is 6.07 Å². The molecule has 0 amide bonds. The van der Waals surface area contributed by atoms with E-state index in [0.29, 0.717) is 18.6 Å². The van der Waals surface area contributed by atoms with E-state index in [1.165, 1.54) is 0 Å². The lowest BCUT2D eigenvalue weighted by Gasteiger charge is -2.19. The fourth-order valence-electron chi connectivity index (χ4n) is 2.40. The number of nitrogens with zero attached hydrogens (tertiary/aromatic N) is 1. The van der Waals surface area contributed by atoms with Crippen LogP contribution in [0.2, 0.25) is 0 Å². The highest BCUT2D eigenvalue weighted by Gasteiger charge is 2.36. The van der Waals surface area contributed by atoms with Gasteiger partial charge in [-0.3, -0.25) is 4.79 Å². The molecule has 92 valence electrons. The molecule has 0 spiro atoms. The molecule has 3 nitrogen and oxygen atoms in total. The topological polar surface area (TPSA) is 50.1 Å². The second-order valence-electron chi connectivity index (χ2n) is 4.25. The highest BCUT2D eigenvalue weighted by atomic mass is 16.5. The van der Waals surface area contributed by atoms with Crippen LogP contribution in [0.1, 0.15) is 24.8 Å². The van der Waals surface area contributed by atoms with Crippen LogP contribution in [-0.4, -0.2) is 12.6 Å². The quantitative estimate of drug-likeness (QED) is 0.764. The minimum Gasteiger partial charge on any atom is -0.466 e. The Balaban J connectivity index is 2.30. The molecule has 2 unspecified atom stereocenters. The van der Waals surface area contributed by atoms with E-state index in [1.807, 2.05) is 36.4 Å². The molecule has 0 aliphatic heterocycles. The minimum absolute atomic E-state index is 0.157. The van der Waals surface area contributed by atoms with Gasteiger partial charge in [-0.05, 0) is 18.9 Å². The van der Waals surface area contributed by atoms with Crippen LogP contribution in [0.15, 0.2) is 42.0 Å². The van der Waals surface area contributed by atoms with Crippen molar-refractivity contribution in [2.24, 2.45) is 5.92 Å². The summed E-state index contributed by atoms with van der Waals surface area (Å²) in [6.07, 6.45) is 2.43. The van der Waals surface area contributed by atoms with Crippen molar-refractivity contribution in [2.75, 3.05) is 6.61 Å². The Morgan fingerprint density at radius 1 is 1.44 bits per heavy atom. The third kappa shape index (κ3) is 2.28. The Kier molecular flexibility index (Phi) is 3.78. The van der Waals surface area contributed by atoms with E-state index in [1.54, 1.807) is 6.92 Å². The summed E-state index contributed by atoms with van der Waals surface area (Å²) in [5, 5.41) is 9.16. The molecule has 0 saturated carbocycles. The number of nitriles is 1. The number of rotatable bonds is 3. The number of carbonyl (C=O) groups is 1. The Bertz CT molecular complexity index is 499. The molecule has 0 heterocycles. The summed E-state index contributed by atoms with van der Waals surface area (Å²) in [5.41, 5.74) is 1.67.